The van der Waals surface area contributed by atoms with Crippen molar-refractivity contribution in [2.24, 2.45) is 0 Å². The lowest BCUT2D eigenvalue weighted by Gasteiger charge is -2.20. The Hall–Kier alpha value is 0.620. The maximum absolute atomic E-state index is 5.38. The summed E-state index contributed by atoms with van der Waals surface area (Å²) in [7, 11) is 0. The van der Waals surface area contributed by atoms with E-state index in [4.69, 9.17) is 8.37 Å². The fourth-order valence-corrected chi connectivity index (χ4v) is 2.09. The molecule has 0 atom stereocenters. The van der Waals surface area contributed by atoms with Crippen molar-refractivity contribution in [1.82, 2.24) is 0 Å². The lowest BCUT2D eigenvalue weighted by Crippen LogP contribution is -2.16. The Morgan fingerprint density at radius 3 is 1.08 bits per heavy atom. The van der Waals surface area contributed by atoms with Gasteiger partial charge in [-0.25, -0.2) is 0 Å². The molecule has 0 spiro atoms. The van der Waals surface area contributed by atoms with Crippen molar-refractivity contribution in [1.29, 1.82) is 0 Å². The van der Waals surface area contributed by atoms with Gasteiger partial charge >= 0.3 is 0 Å². The highest BCUT2D eigenvalue weighted by molar-refractivity contribution is 8.73. The first-order chi connectivity index (χ1) is 5.21. The SMILES string of the molecule is CC(C)(C)OSSOC(C)(C)C. The number of hydrogen-bond acceptors (Lipinski definition) is 4. The van der Waals surface area contributed by atoms with E-state index in [1.807, 2.05) is 41.5 Å². The minimum absolute atomic E-state index is 0.112. The van der Waals surface area contributed by atoms with Gasteiger partial charge in [-0.05, 0) is 41.5 Å². The second-order valence-electron chi connectivity index (χ2n) is 4.53. The van der Waals surface area contributed by atoms with Crippen molar-refractivity contribution in [3.8, 4) is 0 Å². The van der Waals surface area contributed by atoms with Crippen molar-refractivity contribution in [2.45, 2.75) is 52.7 Å². The zero-order valence-corrected chi connectivity index (χ0v) is 10.3. The molecule has 0 aliphatic rings. The maximum Gasteiger partial charge on any atom is 0.0930 e. The fraction of sp³-hybridized carbons (Fsp3) is 1.00. The fourth-order valence-electron chi connectivity index (χ4n) is 0.232. The van der Waals surface area contributed by atoms with Gasteiger partial charge in [-0.3, -0.25) is 8.37 Å². The summed E-state index contributed by atoms with van der Waals surface area (Å²) in [6.07, 6.45) is 0. The van der Waals surface area contributed by atoms with E-state index in [-0.39, 0.29) is 11.2 Å². The molecule has 0 aromatic heterocycles. The van der Waals surface area contributed by atoms with Gasteiger partial charge in [-0.2, -0.15) is 0 Å². The number of hydrogen-bond donors (Lipinski definition) is 0. The molecular formula is C8H18O2S2. The Labute approximate surface area is 83.6 Å². The Morgan fingerprint density at radius 1 is 0.667 bits per heavy atom. The first kappa shape index (κ1) is 12.6. The molecule has 0 N–H and O–H groups in total. The van der Waals surface area contributed by atoms with Crippen LogP contribution in [0, 0.1) is 0 Å². The van der Waals surface area contributed by atoms with Crippen LogP contribution in [0.5, 0.6) is 0 Å². The third-order valence-electron chi connectivity index (χ3n) is 0.596. The van der Waals surface area contributed by atoms with Gasteiger partial charge in [0, 0.05) is 0 Å². The molecule has 2 nitrogen and oxygen atoms in total. The zero-order chi connectivity index (χ0) is 9.83. The monoisotopic (exact) mass is 210 g/mol. The standard InChI is InChI=1S/C8H18O2S2/c1-7(2,3)9-11-12-10-8(4,5)6/h1-6H3. The van der Waals surface area contributed by atoms with Gasteiger partial charge in [0.15, 0.2) is 0 Å². The van der Waals surface area contributed by atoms with Crippen LogP contribution in [0.2, 0.25) is 0 Å². The van der Waals surface area contributed by atoms with Gasteiger partial charge in [0.2, 0.25) is 0 Å². The van der Waals surface area contributed by atoms with E-state index >= 15 is 0 Å². The van der Waals surface area contributed by atoms with Gasteiger partial charge in [0.25, 0.3) is 0 Å². The molecule has 0 unspecified atom stereocenters. The Morgan fingerprint density at radius 2 is 0.917 bits per heavy atom. The summed E-state index contributed by atoms with van der Waals surface area (Å²) in [5, 5.41) is 0. The summed E-state index contributed by atoms with van der Waals surface area (Å²) in [6.45, 7) is 12.1. The molecule has 4 heteroatoms. The van der Waals surface area contributed by atoms with Crippen molar-refractivity contribution in [3.63, 3.8) is 0 Å². The average Bonchev–Trinajstić information content (AvgIpc) is 1.76. The van der Waals surface area contributed by atoms with Crippen molar-refractivity contribution >= 4 is 22.1 Å². The van der Waals surface area contributed by atoms with Gasteiger partial charge in [-0.1, -0.05) is 0 Å². The van der Waals surface area contributed by atoms with Crippen LogP contribution in [0.25, 0.3) is 0 Å². The molecule has 0 saturated carbocycles. The van der Waals surface area contributed by atoms with Crippen LogP contribution < -0.4 is 0 Å². The summed E-state index contributed by atoms with van der Waals surface area (Å²) in [4.78, 5) is 0. The first-order valence-corrected chi connectivity index (χ1v) is 5.91. The lowest BCUT2D eigenvalue weighted by molar-refractivity contribution is 0.158. The Balaban J connectivity index is 3.35. The van der Waals surface area contributed by atoms with Gasteiger partial charge in [0.05, 0.1) is 33.4 Å². The highest BCUT2D eigenvalue weighted by Gasteiger charge is 2.14. The van der Waals surface area contributed by atoms with E-state index in [0.29, 0.717) is 0 Å². The first-order valence-electron chi connectivity index (χ1n) is 3.91. The van der Waals surface area contributed by atoms with E-state index in [0.717, 1.165) is 0 Å². The lowest BCUT2D eigenvalue weighted by atomic mass is 10.2. The van der Waals surface area contributed by atoms with Crippen LogP contribution in [0.4, 0.5) is 0 Å². The van der Waals surface area contributed by atoms with Crippen LogP contribution in [0.3, 0.4) is 0 Å². The summed E-state index contributed by atoms with van der Waals surface area (Å²) in [5.74, 6) is 0. The average molecular weight is 210 g/mol. The highest BCUT2D eigenvalue weighted by Crippen LogP contribution is 2.32. The molecule has 0 saturated heterocycles. The van der Waals surface area contributed by atoms with E-state index in [1.54, 1.807) is 0 Å². The molecule has 0 fully saturated rings. The van der Waals surface area contributed by atoms with Crippen molar-refractivity contribution in [2.75, 3.05) is 0 Å². The van der Waals surface area contributed by atoms with Crippen LogP contribution >= 0.6 is 22.1 Å². The van der Waals surface area contributed by atoms with Crippen LogP contribution in [0.1, 0.15) is 41.5 Å². The van der Waals surface area contributed by atoms with Gasteiger partial charge in [-0.15, -0.1) is 0 Å². The molecule has 0 rings (SSSR count). The third-order valence-corrected chi connectivity index (χ3v) is 2.36. The molecule has 0 aliphatic carbocycles. The van der Waals surface area contributed by atoms with E-state index in [9.17, 15) is 0 Å². The normalized spacial score (nSPS) is 13.5. The molecule has 0 amide bonds. The molecule has 0 radical (unpaired) electrons. The van der Waals surface area contributed by atoms with Crippen LogP contribution in [-0.2, 0) is 8.37 Å². The summed E-state index contributed by atoms with van der Waals surface area (Å²) >= 11 is 2.56. The molecule has 12 heavy (non-hydrogen) atoms. The topological polar surface area (TPSA) is 18.5 Å². The minimum atomic E-state index is -0.112. The minimum Gasteiger partial charge on any atom is -0.298 e. The molecular weight excluding hydrogens is 192 g/mol. The van der Waals surface area contributed by atoms with Crippen molar-refractivity contribution in [3.05, 3.63) is 0 Å². The molecule has 0 bridgehead atoms. The molecule has 74 valence electrons. The Bertz CT molecular complexity index is 108. The second-order valence-corrected chi connectivity index (χ2v) is 5.95. The zero-order valence-electron chi connectivity index (χ0n) is 8.63. The van der Waals surface area contributed by atoms with Crippen LogP contribution in [-0.4, -0.2) is 11.2 Å². The number of rotatable bonds is 3. The van der Waals surface area contributed by atoms with Crippen LogP contribution in [0.15, 0.2) is 0 Å². The van der Waals surface area contributed by atoms with E-state index < -0.39 is 0 Å². The highest BCUT2D eigenvalue weighted by atomic mass is 33.1. The predicted octanol–water partition coefficient (Wildman–Crippen LogP) is 3.83. The summed E-state index contributed by atoms with van der Waals surface area (Å²) < 4.78 is 10.8. The third kappa shape index (κ3) is 10.6. The van der Waals surface area contributed by atoms with Crippen molar-refractivity contribution < 1.29 is 8.37 Å². The van der Waals surface area contributed by atoms with Gasteiger partial charge < -0.3 is 0 Å². The smallest absolute Gasteiger partial charge is 0.0930 e. The quantitative estimate of drug-likeness (QED) is 0.400. The second kappa shape index (κ2) is 4.74. The molecule has 0 aromatic carbocycles. The Kier molecular flexibility index (Phi) is 4.99. The predicted molar refractivity (Wildman–Crippen MR) is 56.9 cm³/mol. The maximum atomic E-state index is 5.38. The van der Waals surface area contributed by atoms with E-state index in [2.05, 4.69) is 0 Å². The molecule has 0 aliphatic heterocycles. The summed E-state index contributed by atoms with van der Waals surface area (Å²) in [6, 6.07) is 0. The molecule has 0 heterocycles. The van der Waals surface area contributed by atoms with Gasteiger partial charge in [0.1, 0.15) is 0 Å². The summed E-state index contributed by atoms with van der Waals surface area (Å²) in [5.41, 5.74) is -0.224. The van der Waals surface area contributed by atoms with E-state index in [1.165, 1.54) is 22.1 Å². The largest absolute Gasteiger partial charge is 0.298 e. The molecule has 0 aromatic rings.